The lowest BCUT2D eigenvalue weighted by Crippen LogP contribution is -2.67. The lowest BCUT2D eigenvalue weighted by atomic mass is 9.53. The predicted octanol–water partition coefficient (Wildman–Crippen LogP) is 1.13. The maximum Gasteiger partial charge on any atom is 0.342 e. The molecule has 11 atom stereocenters. The molecule has 37 heavy (non-hydrogen) atoms. The summed E-state index contributed by atoms with van der Waals surface area (Å²) in [5.41, 5.74) is -4.41. The van der Waals surface area contributed by atoms with Crippen LogP contribution in [0.4, 0.5) is 0 Å². The average molecular weight is 523 g/mol. The Morgan fingerprint density at radius 2 is 1.65 bits per heavy atom. The van der Waals surface area contributed by atoms with Gasteiger partial charge in [-0.05, 0) is 26.8 Å². The predicted molar refractivity (Wildman–Crippen MR) is 123 cm³/mol. The van der Waals surface area contributed by atoms with E-state index in [9.17, 15) is 24.3 Å². The van der Waals surface area contributed by atoms with Gasteiger partial charge in [0, 0.05) is 44.9 Å². The molecule has 4 fully saturated rings. The Morgan fingerprint density at radius 1 is 1.03 bits per heavy atom. The summed E-state index contributed by atoms with van der Waals surface area (Å²) in [6.45, 7) is 10.7. The van der Waals surface area contributed by atoms with Gasteiger partial charge in [-0.3, -0.25) is 14.4 Å². The van der Waals surface area contributed by atoms with Crippen molar-refractivity contribution >= 4 is 23.9 Å². The molecule has 0 bridgehead atoms. The molecule has 3 aliphatic heterocycles. The number of aliphatic hydroxyl groups is 1. The summed E-state index contributed by atoms with van der Waals surface area (Å²) < 4.78 is 35.4. The Morgan fingerprint density at radius 3 is 2.22 bits per heavy atom. The van der Waals surface area contributed by atoms with E-state index in [1.54, 1.807) is 26.8 Å². The van der Waals surface area contributed by atoms with Crippen molar-refractivity contribution in [2.24, 2.45) is 11.3 Å². The molecular weight excluding hydrogens is 488 g/mol. The zero-order valence-electron chi connectivity index (χ0n) is 22.1. The average Bonchev–Trinajstić information content (AvgIpc) is 3.60. The maximum atomic E-state index is 13.0. The second-order valence-electron chi connectivity index (χ2n) is 11.6. The number of fused-ring (bicyclic) bond motifs is 3. The van der Waals surface area contributed by atoms with Gasteiger partial charge in [-0.2, -0.15) is 0 Å². The Balaban J connectivity index is 1.76. The quantitative estimate of drug-likeness (QED) is 0.246. The van der Waals surface area contributed by atoms with E-state index in [2.05, 4.69) is 0 Å². The second-order valence-corrected chi connectivity index (χ2v) is 11.6. The molecule has 0 aromatic carbocycles. The summed E-state index contributed by atoms with van der Waals surface area (Å²) in [6.07, 6.45) is -3.62. The van der Waals surface area contributed by atoms with Crippen LogP contribution in [0.15, 0.2) is 11.6 Å². The monoisotopic (exact) mass is 522 g/mol. The highest BCUT2D eigenvalue weighted by Crippen LogP contribution is 2.69. The molecule has 3 saturated heterocycles. The van der Waals surface area contributed by atoms with Gasteiger partial charge in [-0.15, -0.1) is 0 Å². The first-order valence-electron chi connectivity index (χ1n) is 12.6. The highest BCUT2D eigenvalue weighted by atomic mass is 16.7. The van der Waals surface area contributed by atoms with Crippen LogP contribution in [0.1, 0.15) is 61.3 Å². The van der Waals surface area contributed by atoms with Gasteiger partial charge in [-0.1, -0.05) is 12.5 Å². The second kappa shape index (κ2) is 8.00. The summed E-state index contributed by atoms with van der Waals surface area (Å²) >= 11 is 0. The minimum absolute atomic E-state index is 0.121. The molecule has 5 aliphatic rings. The first kappa shape index (κ1) is 26.1. The lowest BCUT2D eigenvalue weighted by Gasteiger charge is -2.54. The van der Waals surface area contributed by atoms with Crippen molar-refractivity contribution < 1.29 is 52.7 Å². The summed E-state index contributed by atoms with van der Waals surface area (Å²) in [5.74, 6) is -3.23. The molecular formula is C26H34O11. The highest BCUT2D eigenvalue weighted by Gasteiger charge is 2.89. The van der Waals surface area contributed by atoms with Gasteiger partial charge in [0.15, 0.2) is 17.3 Å². The molecule has 2 aliphatic carbocycles. The summed E-state index contributed by atoms with van der Waals surface area (Å²) in [7, 11) is 0. The number of ether oxygens (including phenoxy) is 6. The van der Waals surface area contributed by atoms with Crippen LogP contribution in [-0.4, -0.2) is 82.4 Å². The molecule has 3 heterocycles. The maximum absolute atomic E-state index is 13.0. The zero-order valence-corrected chi connectivity index (χ0v) is 22.1. The van der Waals surface area contributed by atoms with Crippen molar-refractivity contribution in [3.63, 3.8) is 0 Å². The third-order valence-corrected chi connectivity index (χ3v) is 9.10. The summed E-state index contributed by atoms with van der Waals surface area (Å²) in [4.78, 5) is 49.8. The van der Waals surface area contributed by atoms with Crippen molar-refractivity contribution in [1.82, 2.24) is 0 Å². The zero-order chi connectivity index (χ0) is 27.3. The fourth-order valence-corrected chi connectivity index (χ4v) is 7.34. The van der Waals surface area contributed by atoms with Crippen molar-refractivity contribution in [3.8, 4) is 0 Å². The number of carbonyl (C=O) groups is 4. The van der Waals surface area contributed by atoms with E-state index in [0.29, 0.717) is 5.57 Å². The van der Waals surface area contributed by atoms with Crippen molar-refractivity contribution in [1.29, 1.82) is 0 Å². The van der Waals surface area contributed by atoms with E-state index in [1.807, 2.05) is 6.92 Å². The Labute approximate surface area is 214 Å². The number of carbonyl (C=O) groups excluding carboxylic acids is 4. The Kier molecular flexibility index (Phi) is 5.65. The molecule has 0 unspecified atom stereocenters. The van der Waals surface area contributed by atoms with Crippen molar-refractivity contribution in [3.05, 3.63) is 11.6 Å². The largest absolute Gasteiger partial charge is 0.462 e. The molecule has 11 heteroatoms. The number of epoxide rings is 2. The van der Waals surface area contributed by atoms with Crippen molar-refractivity contribution in [2.45, 2.75) is 115 Å². The van der Waals surface area contributed by atoms with E-state index in [-0.39, 0.29) is 18.9 Å². The number of rotatable bonds is 3. The van der Waals surface area contributed by atoms with Gasteiger partial charge in [0.25, 0.3) is 0 Å². The normalized spacial score (nSPS) is 51.0. The summed E-state index contributed by atoms with van der Waals surface area (Å²) in [5, 5.41) is 12.0. The fourth-order valence-electron chi connectivity index (χ4n) is 7.34. The molecule has 0 amide bonds. The number of esters is 4. The smallest absolute Gasteiger partial charge is 0.342 e. The lowest BCUT2D eigenvalue weighted by molar-refractivity contribution is -0.220. The molecule has 0 radical (unpaired) electrons. The van der Waals surface area contributed by atoms with E-state index < -0.39 is 82.5 Å². The fraction of sp³-hybridized carbons (Fsp3) is 0.769. The molecule has 0 aromatic rings. The Hall–Kier alpha value is -2.50. The molecule has 204 valence electrons. The molecule has 11 nitrogen and oxygen atoms in total. The van der Waals surface area contributed by atoms with Crippen LogP contribution in [-0.2, 0) is 47.6 Å². The van der Waals surface area contributed by atoms with E-state index in [0.717, 1.165) is 0 Å². The van der Waals surface area contributed by atoms with Crippen LogP contribution in [0.2, 0.25) is 0 Å². The first-order chi connectivity index (χ1) is 17.1. The third-order valence-electron chi connectivity index (χ3n) is 9.10. The third kappa shape index (κ3) is 3.50. The number of hydrogen-bond acceptors (Lipinski definition) is 11. The van der Waals surface area contributed by atoms with Gasteiger partial charge in [-0.25, -0.2) is 4.79 Å². The topological polar surface area (TPSA) is 150 Å². The first-order valence-corrected chi connectivity index (χ1v) is 12.6. The molecule has 1 spiro atoms. The van der Waals surface area contributed by atoms with Gasteiger partial charge in [0.05, 0.1) is 11.7 Å². The van der Waals surface area contributed by atoms with E-state index in [1.165, 1.54) is 20.8 Å². The molecule has 1 N–H and O–H groups in total. The van der Waals surface area contributed by atoms with Crippen LogP contribution in [0.5, 0.6) is 0 Å². The van der Waals surface area contributed by atoms with E-state index >= 15 is 0 Å². The standard InChI is InChI=1S/C26H34O11/c1-11-8-15(32-12(2)27)20(30)23(5)16(33-13(3)28)10-17-24(6,36-17)19(23)21(34-14(4)29)26-18(9-11)35-22(31)25(26,7)37-26/h9,15-21,30H,8,10H2,1-7H3/b11-9+/t15-,16+,17-,18+,19-,20+,21+,23+,24-,25+,26+/m1/s1. The van der Waals surface area contributed by atoms with Crippen LogP contribution in [0, 0.1) is 11.3 Å². The number of aliphatic hydroxyl groups excluding tert-OH is 1. The van der Waals surface area contributed by atoms with Crippen LogP contribution >= 0.6 is 0 Å². The number of hydrogen-bond donors (Lipinski definition) is 1. The SMILES string of the molecule is CC(=O)O[C@H]1C[C@H]2O[C@@]2(C)[C@@H]2[C@H](OC(C)=O)[C@]34O[C@@]3(C)C(=O)O[C@H]4/C=C(\C)C[C@@H](OC(C)=O)[C@H](O)[C@@]12C. The Bertz CT molecular complexity index is 1100. The molecule has 1 saturated carbocycles. The van der Waals surface area contributed by atoms with Crippen LogP contribution < -0.4 is 0 Å². The van der Waals surface area contributed by atoms with Crippen LogP contribution in [0.3, 0.4) is 0 Å². The van der Waals surface area contributed by atoms with Crippen LogP contribution in [0.25, 0.3) is 0 Å². The van der Waals surface area contributed by atoms with E-state index in [4.69, 9.17) is 28.4 Å². The molecule has 0 aromatic heterocycles. The van der Waals surface area contributed by atoms with Gasteiger partial charge in [0.2, 0.25) is 0 Å². The summed E-state index contributed by atoms with van der Waals surface area (Å²) in [6, 6.07) is 0. The van der Waals surface area contributed by atoms with Gasteiger partial charge < -0.3 is 33.5 Å². The minimum Gasteiger partial charge on any atom is -0.462 e. The minimum atomic E-state index is -1.40. The van der Waals surface area contributed by atoms with Gasteiger partial charge >= 0.3 is 23.9 Å². The highest BCUT2D eigenvalue weighted by molar-refractivity contribution is 5.89. The molecule has 5 rings (SSSR count). The van der Waals surface area contributed by atoms with Gasteiger partial charge in [0.1, 0.15) is 24.4 Å². The van der Waals surface area contributed by atoms with Crippen molar-refractivity contribution in [2.75, 3.05) is 0 Å².